The molecule has 0 aliphatic heterocycles. The molecule has 1 heterocycles. The summed E-state index contributed by atoms with van der Waals surface area (Å²) in [5.41, 5.74) is 2.23. The van der Waals surface area contributed by atoms with Crippen molar-refractivity contribution < 1.29 is 9.47 Å². The molecular weight excluding hydrogens is 282 g/mol. The summed E-state index contributed by atoms with van der Waals surface area (Å²) < 4.78 is 12.0. The van der Waals surface area contributed by atoms with Gasteiger partial charge in [0.15, 0.2) is 0 Å². The predicted molar refractivity (Wildman–Crippen MR) is 88.7 cm³/mol. The second-order valence-electron chi connectivity index (χ2n) is 4.68. The van der Waals surface area contributed by atoms with E-state index in [9.17, 15) is 0 Å². The summed E-state index contributed by atoms with van der Waals surface area (Å²) in [4.78, 5) is 0. The van der Waals surface area contributed by atoms with Gasteiger partial charge in [-0.1, -0.05) is 18.2 Å². The number of benzene rings is 2. The van der Waals surface area contributed by atoms with Crippen LogP contribution >= 0.6 is 11.3 Å². The summed E-state index contributed by atoms with van der Waals surface area (Å²) >= 11 is 1.77. The van der Waals surface area contributed by atoms with E-state index in [0.29, 0.717) is 0 Å². The van der Waals surface area contributed by atoms with Crippen molar-refractivity contribution in [2.75, 3.05) is 19.5 Å². The van der Waals surface area contributed by atoms with Gasteiger partial charge in [-0.3, -0.25) is 0 Å². The number of ether oxygens (including phenoxy) is 2. The van der Waals surface area contributed by atoms with Crippen LogP contribution in [0.15, 0.2) is 47.8 Å². The molecule has 0 atom stereocenters. The van der Waals surface area contributed by atoms with Crippen LogP contribution in [0.25, 0.3) is 10.1 Å². The van der Waals surface area contributed by atoms with Gasteiger partial charge in [0.25, 0.3) is 0 Å². The molecular formula is C17H17NO2S. The molecule has 0 saturated heterocycles. The molecule has 3 nitrogen and oxygen atoms in total. The van der Waals surface area contributed by atoms with Gasteiger partial charge in [-0.25, -0.2) is 0 Å². The van der Waals surface area contributed by atoms with Crippen molar-refractivity contribution in [2.45, 2.75) is 6.54 Å². The fraction of sp³-hybridized carbons (Fsp3) is 0.176. The summed E-state index contributed by atoms with van der Waals surface area (Å²) in [6, 6.07) is 14.2. The molecule has 0 amide bonds. The molecule has 2 aromatic carbocycles. The molecule has 1 aromatic heterocycles. The van der Waals surface area contributed by atoms with Crippen molar-refractivity contribution in [3.63, 3.8) is 0 Å². The highest BCUT2D eigenvalue weighted by molar-refractivity contribution is 7.17. The first kappa shape index (κ1) is 13.8. The van der Waals surface area contributed by atoms with E-state index < -0.39 is 0 Å². The number of anilines is 1. The Labute approximate surface area is 128 Å². The van der Waals surface area contributed by atoms with Crippen LogP contribution in [0.5, 0.6) is 11.5 Å². The monoisotopic (exact) mass is 299 g/mol. The minimum atomic E-state index is 0.757. The van der Waals surface area contributed by atoms with Crippen LogP contribution in [0.2, 0.25) is 0 Å². The van der Waals surface area contributed by atoms with Gasteiger partial charge in [-0.15, -0.1) is 11.3 Å². The average molecular weight is 299 g/mol. The van der Waals surface area contributed by atoms with E-state index in [1.54, 1.807) is 25.6 Å². The zero-order chi connectivity index (χ0) is 14.7. The molecule has 0 saturated carbocycles. The van der Waals surface area contributed by atoms with Crippen molar-refractivity contribution in [3.05, 3.63) is 53.4 Å². The maximum absolute atomic E-state index is 5.39. The second kappa shape index (κ2) is 6.06. The van der Waals surface area contributed by atoms with Crippen LogP contribution in [0.1, 0.15) is 5.56 Å². The molecule has 0 aliphatic carbocycles. The van der Waals surface area contributed by atoms with Gasteiger partial charge in [0, 0.05) is 17.3 Å². The van der Waals surface area contributed by atoms with Crippen molar-refractivity contribution in [3.8, 4) is 11.5 Å². The number of rotatable bonds is 5. The van der Waals surface area contributed by atoms with Gasteiger partial charge < -0.3 is 14.8 Å². The summed E-state index contributed by atoms with van der Waals surface area (Å²) in [5, 5.41) is 6.94. The molecule has 0 bridgehead atoms. The van der Waals surface area contributed by atoms with Gasteiger partial charge in [-0.05, 0) is 34.5 Å². The SMILES string of the molecule is COc1ccc(OC)c(NCc2csc3ccccc23)c1. The number of methoxy groups -OCH3 is 2. The molecule has 4 heteroatoms. The Morgan fingerprint density at radius 3 is 2.71 bits per heavy atom. The van der Waals surface area contributed by atoms with E-state index in [1.807, 2.05) is 18.2 Å². The van der Waals surface area contributed by atoms with E-state index in [1.165, 1.54) is 15.6 Å². The third-order valence-corrected chi connectivity index (χ3v) is 4.45. The molecule has 108 valence electrons. The lowest BCUT2D eigenvalue weighted by Gasteiger charge is -2.12. The minimum absolute atomic E-state index is 0.757. The molecule has 0 unspecified atom stereocenters. The molecule has 1 N–H and O–H groups in total. The maximum atomic E-state index is 5.39. The first-order chi connectivity index (χ1) is 10.3. The third-order valence-electron chi connectivity index (χ3n) is 3.44. The fourth-order valence-electron chi connectivity index (χ4n) is 2.31. The summed E-state index contributed by atoms with van der Waals surface area (Å²) in [6.07, 6.45) is 0. The van der Waals surface area contributed by atoms with Gasteiger partial charge in [0.05, 0.1) is 19.9 Å². The summed E-state index contributed by atoms with van der Waals surface area (Å²) in [5.74, 6) is 1.63. The molecule has 3 rings (SSSR count). The predicted octanol–water partition coefficient (Wildman–Crippen LogP) is 4.53. The Hall–Kier alpha value is -2.20. The number of thiophene rings is 1. The van der Waals surface area contributed by atoms with Crippen molar-refractivity contribution in [1.29, 1.82) is 0 Å². The largest absolute Gasteiger partial charge is 0.497 e. The highest BCUT2D eigenvalue weighted by atomic mass is 32.1. The minimum Gasteiger partial charge on any atom is -0.497 e. The Balaban J connectivity index is 1.84. The van der Waals surface area contributed by atoms with E-state index in [-0.39, 0.29) is 0 Å². The van der Waals surface area contributed by atoms with Crippen LogP contribution in [-0.2, 0) is 6.54 Å². The van der Waals surface area contributed by atoms with E-state index in [0.717, 1.165) is 23.7 Å². The van der Waals surface area contributed by atoms with Crippen LogP contribution in [0.4, 0.5) is 5.69 Å². The van der Waals surface area contributed by atoms with Gasteiger partial charge in [0.2, 0.25) is 0 Å². The number of hydrogen-bond donors (Lipinski definition) is 1. The lowest BCUT2D eigenvalue weighted by Crippen LogP contribution is -2.01. The first-order valence-corrected chi connectivity index (χ1v) is 7.61. The second-order valence-corrected chi connectivity index (χ2v) is 5.59. The molecule has 3 aromatic rings. The molecule has 0 aliphatic rings. The zero-order valence-electron chi connectivity index (χ0n) is 12.1. The molecule has 21 heavy (non-hydrogen) atoms. The van der Waals surface area contributed by atoms with Crippen molar-refractivity contribution in [2.24, 2.45) is 0 Å². The standard InChI is InChI=1S/C17H17NO2S/c1-19-13-7-8-16(20-2)15(9-13)18-10-12-11-21-17-6-4-3-5-14(12)17/h3-9,11,18H,10H2,1-2H3. The van der Waals surface area contributed by atoms with Crippen LogP contribution in [0.3, 0.4) is 0 Å². The summed E-state index contributed by atoms with van der Waals surface area (Å²) in [6.45, 7) is 0.757. The average Bonchev–Trinajstić information content (AvgIpc) is 2.96. The van der Waals surface area contributed by atoms with Crippen LogP contribution in [-0.4, -0.2) is 14.2 Å². The Morgan fingerprint density at radius 1 is 1.05 bits per heavy atom. The number of hydrogen-bond acceptors (Lipinski definition) is 4. The van der Waals surface area contributed by atoms with E-state index in [4.69, 9.17) is 9.47 Å². The molecule has 0 spiro atoms. The number of nitrogens with one attached hydrogen (secondary N) is 1. The van der Waals surface area contributed by atoms with Crippen molar-refractivity contribution >= 4 is 27.1 Å². The highest BCUT2D eigenvalue weighted by Crippen LogP contribution is 2.31. The Bertz CT molecular complexity index is 751. The fourth-order valence-corrected chi connectivity index (χ4v) is 3.28. The van der Waals surface area contributed by atoms with Gasteiger partial charge >= 0.3 is 0 Å². The molecule has 0 fully saturated rings. The van der Waals surface area contributed by atoms with Crippen LogP contribution < -0.4 is 14.8 Å². The van der Waals surface area contributed by atoms with E-state index >= 15 is 0 Å². The third kappa shape index (κ3) is 2.81. The van der Waals surface area contributed by atoms with Crippen LogP contribution in [0, 0.1) is 0 Å². The number of fused-ring (bicyclic) bond motifs is 1. The van der Waals surface area contributed by atoms with Crippen molar-refractivity contribution in [1.82, 2.24) is 0 Å². The normalized spacial score (nSPS) is 10.6. The molecule has 0 radical (unpaired) electrons. The van der Waals surface area contributed by atoms with Gasteiger partial charge in [-0.2, -0.15) is 0 Å². The van der Waals surface area contributed by atoms with E-state index in [2.05, 4.69) is 35.0 Å². The highest BCUT2D eigenvalue weighted by Gasteiger charge is 2.07. The zero-order valence-corrected chi connectivity index (χ0v) is 12.9. The lowest BCUT2D eigenvalue weighted by molar-refractivity contribution is 0.404. The maximum Gasteiger partial charge on any atom is 0.142 e. The van der Waals surface area contributed by atoms with Gasteiger partial charge in [0.1, 0.15) is 11.5 Å². The first-order valence-electron chi connectivity index (χ1n) is 6.73. The Kier molecular flexibility index (Phi) is 3.97. The topological polar surface area (TPSA) is 30.5 Å². The lowest BCUT2D eigenvalue weighted by atomic mass is 10.1. The smallest absolute Gasteiger partial charge is 0.142 e. The summed E-state index contributed by atoms with van der Waals surface area (Å²) in [7, 11) is 3.34. The Morgan fingerprint density at radius 2 is 1.90 bits per heavy atom. The quantitative estimate of drug-likeness (QED) is 0.751.